The number of nitrogens with zero attached hydrogens (tertiary/aromatic N) is 2. The molecule has 0 aromatic heterocycles. The zero-order chi connectivity index (χ0) is 17.1. The Morgan fingerprint density at radius 1 is 1.21 bits per heavy atom. The topological polar surface area (TPSA) is 64.7 Å². The molecule has 24 heavy (non-hydrogen) atoms. The number of unbranched alkanes of at least 4 members (excludes halogenated alkanes) is 1. The monoisotopic (exact) mass is 330 g/mol. The molecule has 0 aliphatic carbocycles. The van der Waals surface area contributed by atoms with E-state index in [1.165, 1.54) is 0 Å². The molecular weight excluding hydrogens is 304 g/mol. The molecule has 6 heteroatoms. The highest BCUT2D eigenvalue weighted by molar-refractivity contribution is 6.05. The molecule has 1 fully saturated rings. The van der Waals surface area contributed by atoms with Gasteiger partial charge in [-0.25, -0.2) is 0 Å². The van der Waals surface area contributed by atoms with Crippen LogP contribution in [-0.4, -0.2) is 60.9 Å². The molecule has 1 aromatic rings. The van der Waals surface area contributed by atoms with Crippen LogP contribution in [-0.2, 0) is 4.79 Å². The molecule has 6 nitrogen and oxygen atoms in total. The Kier molecular flexibility index (Phi) is 5.04. The fourth-order valence-corrected chi connectivity index (χ4v) is 3.18. The van der Waals surface area contributed by atoms with Crippen LogP contribution in [0.3, 0.4) is 0 Å². The number of carbonyl (C=O) groups is 2. The second kappa shape index (κ2) is 7.21. The van der Waals surface area contributed by atoms with E-state index in [4.69, 9.17) is 0 Å². The number of rotatable bonds is 4. The summed E-state index contributed by atoms with van der Waals surface area (Å²) in [6, 6.07) is 5.35. The predicted octanol–water partition coefficient (Wildman–Crippen LogP) is 2.00. The molecule has 1 atom stereocenters. The average Bonchev–Trinajstić information content (AvgIpc) is 2.59. The van der Waals surface area contributed by atoms with Gasteiger partial charge >= 0.3 is 0 Å². The Labute approximate surface area is 143 Å². The van der Waals surface area contributed by atoms with Crippen molar-refractivity contribution in [1.82, 2.24) is 9.80 Å². The van der Waals surface area contributed by atoms with Gasteiger partial charge in [-0.3, -0.25) is 9.59 Å². The van der Waals surface area contributed by atoms with Crippen molar-refractivity contribution < 1.29 is 9.59 Å². The van der Waals surface area contributed by atoms with Crippen LogP contribution in [0.15, 0.2) is 18.2 Å². The van der Waals surface area contributed by atoms with Gasteiger partial charge in [0.05, 0.1) is 11.4 Å². The van der Waals surface area contributed by atoms with Crippen LogP contribution in [0.4, 0.5) is 11.4 Å². The van der Waals surface area contributed by atoms with Gasteiger partial charge in [-0.05, 0) is 31.7 Å². The lowest BCUT2D eigenvalue weighted by molar-refractivity contribution is -0.117. The first-order valence-corrected chi connectivity index (χ1v) is 8.77. The SMILES string of the molecule is CCCCC1Nc2ccc(C(=O)N3CCN(C)CC3)cc2NC1=O. The molecule has 2 amide bonds. The molecule has 1 saturated heterocycles. The summed E-state index contributed by atoms with van der Waals surface area (Å²) in [5.41, 5.74) is 2.23. The number of carbonyl (C=O) groups excluding carboxylic acids is 2. The molecule has 2 N–H and O–H groups in total. The maximum Gasteiger partial charge on any atom is 0.254 e. The fraction of sp³-hybridized carbons (Fsp3) is 0.556. The number of piperazine rings is 1. The van der Waals surface area contributed by atoms with Crippen LogP contribution in [0.25, 0.3) is 0 Å². The lowest BCUT2D eigenvalue weighted by atomic mass is 10.0. The predicted molar refractivity (Wildman–Crippen MR) is 95.4 cm³/mol. The van der Waals surface area contributed by atoms with Crippen LogP contribution in [0.1, 0.15) is 36.5 Å². The molecule has 3 rings (SSSR count). The van der Waals surface area contributed by atoms with Gasteiger partial charge in [-0.15, -0.1) is 0 Å². The van der Waals surface area contributed by atoms with Gasteiger partial charge in [0.15, 0.2) is 0 Å². The molecule has 0 saturated carbocycles. The summed E-state index contributed by atoms with van der Waals surface area (Å²) < 4.78 is 0. The van der Waals surface area contributed by atoms with E-state index in [2.05, 4.69) is 29.5 Å². The third-order valence-corrected chi connectivity index (χ3v) is 4.81. The van der Waals surface area contributed by atoms with Crippen LogP contribution in [0.2, 0.25) is 0 Å². The van der Waals surface area contributed by atoms with Crippen molar-refractivity contribution in [3.05, 3.63) is 23.8 Å². The minimum atomic E-state index is -0.184. The summed E-state index contributed by atoms with van der Waals surface area (Å²) >= 11 is 0. The van der Waals surface area contributed by atoms with E-state index in [1.807, 2.05) is 17.0 Å². The third kappa shape index (κ3) is 3.53. The van der Waals surface area contributed by atoms with Crippen molar-refractivity contribution in [2.45, 2.75) is 32.2 Å². The van der Waals surface area contributed by atoms with Crippen molar-refractivity contribution >= 4 is 23.2 Å². The Hall–Kier alpha value is -2.08. The summed E-state index contributed by atoms with van der Waals surface area (Å²) in [6.07, 6.45) is 2.90. The molecule has 0 radical (unpaired) electrons. The van der Waals surface area contributed by atoms with E-state index in [-0.39, 0.29) is 17.9 Å². The zero-order valence-corrected chi connectivity index (χ0v) is 14.5. The Morgan fingerprint density at radius 2 is 1.96 bits per heavy atom. The third-order valence-electron chi connectivity index (χ3n) is 4.81. The number of likely N-dealkylation sites (N-methyl/N-ethyl adjacent to an activating group) is 1. The van der Waals surface area contributed by atoms with Crippen LogP contribution in [0.5, 0.6) is 0 Å². The minimum Gasteiger partial charge on any atom is -0.372 e. The summed E-state index contributed by atoms with van der Waals surface area (Å²) in [7, 11) is 2.07. The lowest BCUT2D eigenvalue weighted by Gasteiger charge is -2.33. The molecule has 130 valence electrons. The lowest BCUT2D eigenvalue weighted by Crippen LogP contribution is -2.47. The average molecular weight is 330 g/mol. The molecule has 1 aromatic carbocycles. The number of benzene rings is 1. The van der Waals surface area contributed by atoms with Crippen LogP contribution >= 0.6 is 0 Å². The number of nitrogens with one attached hydrogen (secondary N) is 2. The van der Waals surface area contributed by atoms with Gasteiger partial charge in [0.2, 0.25) is 5.91 Å². The van der Waals surface area contributed by atoms with Crippen molar-refractivity contribution in [3.8, 4) is 0 Å². The van der Waals surface area contributed by atoms with Gasteiger partial charge in [0.25, 0.3) is 5.91 Å². The first-order chi connectivity index (χ1) is 11.6. The first kappa shape index (κ1) is 16.8. The Morgan fingerprint density at radius 3 is 2.67 bits per heavy atom. The van der Waals surface area contributed by atoms with Gasteiger partial charge in [-0.1, -0.05) is 19.8 Å². The second-order valence-electron chi connectivity index (χ2n) is 6.68. The van der Waals surface area contributed by atoms with Crippen molar-refractivity contribution in [1.29, 1.82) is 0 Å². The maximum absolute atomic E-state index is 12.7. The van der Waals surface area contributed by atoms with Gasteiger partial charge in [0.1, 0.15) is 6.04 Å². The smallest absolute Gasteiger partial charge is 0.254 e. The highest BCUT2D eigenvalue weighted by atomic mass is 16.2. The second-order valence-corrected chi connectivity index (χ2v) is 6.68. The van der Waals surface area contributed by atoms with Crippen molar-refractivity contribution in [2.75, 3.05) is 43.9 Å². The molecule has 2 heterocycles. The molecule has 0 bridgehead atoms. The molecule has 0 spiro atoms. The van der Waals surface area contributed by atoms with Crippen molar-refractivity contribution in [2.24, 2.45) is 0 Å². The molecular formula is C18H26N4O2. The first-order valence-electron chi connectivity index (χ1n) is 8.77. The summed E-state index contributed by atoms with van der Waals surface area (Å²) in [6.45, 7) is 5.40. The maximum atomic E-state index is 12.7. The minimum absolute atomic E-state index is 0.0138. The zero-order valence-electron chi connectivity index (χ0n) is 14.5. The quantitative estimate of drug-likeness (QED) is 0.886. The summed E-state index contributed by atoms with van der Waals surface area (Å²) in [5, 5.41) is 6.23. The van der Waals surface area contributed by atoms with Crippen LogP contribution < -0.4 is 10.6 Å². The van der Waals surface area contributed by atoms with Gasteiger partial charge < -0.3 is 20.4 Å². The van der Waals surface area contributed by atoms with Gasteiger partial charge in [-0.2, -0.15) is 0 Å². The van der Waals surface area contributed by atoms with E-state index in [9.17, 15) is 9.59 Å². The molecule has 2 aliphatic heterocycles. The van der Waals surface area contributed by atoms with E-state index in [0.717, 1.165) is 51.1 Å². The summed E-state index contributed by atoms with van der Waals surface area (Å²) in [5.74, 6) is 0.0217. The van der Waals surface area contributed by atoms with Crippen LogP contribution in [0, 0.1) is 0 Å². The Bertz CT molecular complexity index is 623. The molecule has 2 aliphatic rings. The molecule has 1 unspecified atom stereocenters. The van der Waals surface area contributed by atoms with E-state index in [1.54, 1.807) is 6.07 Å². The summed E-state index contributed by atoms with van der Waals surface area (Å²) in [4.78, 5) is 29.0. The van der Waals surface area contributed by atoms with Crippen molar-refractivity contribution in [3.63, 3.8) is 0 Å². The van der Waals surface area contributed by atoms with Gasteiger partial charge in [0, 0.05) is 31.7 Å². The fourth-order valence-electron chi connectivity index (χ4n) is 3.18. The number of fused-ring (bicyclic) bond motifs is 1. The standard InChI is InChI=1S/C18H26N4O2/c1-3-4-5-15-17(23)20-16-12-13(6-7-14(16)19-15)18(24)22-10-8-21(2)9-11-22/h6-7,12,15,19H,3-5,8-11H2,1-2H3,(H,20,23). The largest absolute Gasteiger partial charge is 0.372 e. The van der Waals surface area contributed by atoms with E-state index < -0.39 is 0 Å². The normalized spacial score (nSPS) is 21.0. The number of anilines is 2. The number of hydrogen-bond donors (Lipinski definition) is 2. The highest BCUT2D eigenvalue weighted by Crippen LogP contribution is 2.29. The number of amides is 2. The Balaban J connectivity index is 1.72. The highest BCUT2D eigenvalue weighted by Gasteiger charge is 2.26. The van der Waals surface area contributed by atoms with E-state index in [0.29, 0.717) is 11.3 Å². The van der Waals surface area contributed by atoms with E-state index >= 15 is 0 Å². The number of hydrogen-bond acceptors (Lipinski definition) is 4.